The van der Waals surface area contributed by atoms with E-state index in [4.69, 9.17) is 4.74 Å². The number of piperazine rings is 1. The molecule has 0 aliphatic carbocycles. The van der Waals surface area contributed by atoms with Crippen LogP contribution in [0.2, 0.25) is 0 Å². The molecule has 6 heteroatoms. The Morgan fingerprint density at radius 3 is 2.56 bits per heavy atom. The molecule has 1 aromatic carbocycles. The fourth-order valence-corrected chi connectivity index (χ4v) is 3.15. The number of nitrogens with zero attached hydrogens (tertiary/aromatic N) is 4. The SMILES string of the molecule is COc1ccccc1CN1CCN(C(=O)c2cnc(C)nc2C)CC1. The first-order valence-corrected chi connectivity index (χ1v) is 8.52. The first-order chi connectivity index (χ1) is 12.1. The number of hydrogen-bond donors (Lipinski definition) is 0. The van der Waals surface area contributed by atoms with Crippen LogP contribution in [0.3, 0.4) is 0 Å². The van der Waals surface area contributed by atoms with Gasteiger partial charge < -0.3 is 9.64 Å². The molecule has 1 amide bonds. The average Bonchev–Trinajstić information content (AvgIpc) is 2.62. The molecule has 1 aliphatic heterocycles. The monoisotopic (exact) mass is 340 g/mol. The Kier molecular flexibility index (Phi) is 5.28. The molecule has 1 saturated heterocycles. The highest BCUT2D eigenvalue weighted by Gasteiger charge is 2.24. The smallest absolute Gasteiger partial charge is 0.257 e. The van der Waals surface area contributed by atoms with E-state index in [1.54, 1.807) is 13.3 Å². The molecule has 0 atom stereocenters. The summed E-state index contributed by atoms with van der Waals surface area (Å²) in [5.74, 6) is 1.62. The van der Waals surface area contributed by atoms with Crippen LogP contribution in [0.1, 0.15) is 27.4 Å². The summed E-state index contributed by atoms with van der Waals surface area (Å²) in [5, 5.41) is 0. The van der Waals surface area contributed by atoms with Gasteiger partial charge in [-0.25, -0.2) is 9.97 Å². The second-order valence-electron chi connectivity index (χ2n) is 6.30. The maximum Gasteiger partial charge on any atom is 0.257 e. The van der Waals surface area contributed by atoms with E-state index in [1.165, 1.54) is 5.56 Å². The summed E-state index contributed by atoms with van der Waals surface area (Å²) in [6.45, 7) is 7.63. The molecule has 0 spiro atoms. The summed E-state index contributed by atoms with van der Waals surface area (Å²) in [6.07, 6.45) is 1.64. The third kappa shape index (κ3) is 3.96. The zero-order valence-electron chi connectivity index (χ0n) is 15.0. The van der Waals surface area contributed by atoms with Crippen molar-refractivity contribution in [3.05, 3.63) is 53.1 Å². The van der Waals surface area contributed by atoms with Crippen molar-refractivity contribution in [1.82, 2.24) is 19.8 Å². The van der Waals surface area contributed by atoms with E-state index >= 15 is 0 Å². The number of para-hydroxylation sites is 1. The normalized spacial score (nSPS) is 15.2. The predicted molar refractivity (Wildman–Crippen MR) is 95.7 cm³/mol. The van der Waals surface area contributed by atoms with Crippen molar-refractivity contribution >= 4 is 5.91 Å². The van der Waals surface area contributed by atoms with Gasteiger partial charge in [0, 0.05) is 44.5 Å². The second kappa shape index (κ2) is 7.61. The van der Waals surface area contributed by atoms with Gasteiger partial charge in [-0.2, -0.15) is 0 Å². The highest BCUT2D eigenvalue weighted by Crippen LogP contribution is 2.20. The maximum atomic E-state index is 12.7. The molecule has 0 N–H and O–H groups in total. The summed E-state index contributed by atoms with van der Waals surface area (Å²) in [4.78, 5) is 25.4. The van der Waals surface area contributed by atoms with Gasteiger partial charge in [0.15, 0.2) is 0 Å². The van der Waals surface area contributed by atoms with Gasteiger partial charge in [-0.15, -0.1) is 0 Å². The van der Waals surface area contributed by atoms with E-state index in [-0.39, 0.29) is 5.91 Å². The Labute approximate surface area is 148 Å². The van der Waals surface area contributed by atoms with Crippen LogP contribution in [-0.4, -0.2) is 59.0 Å². The molecule has 25 heavy (non-hydrogen) atoms. The number of amides is 1. The van der Waals surface area contributed by atoms with Gasteiger partial charge in [0.1, 0.15) is 11.6 Å². The summed E-state index contributed by atoms with van der Waals surface area (Å²) in [7, 11) is 1.70. The fourth-order valence-electron chi connectivity index (χ4n) is 3.15. The first kappa shape index (κ1) is 17.4. The van der Waals surface area contributed by atoms with E-state index in [2.05, 4.69) is 20.9 Å². The second-order valence-corrected chi connectivity index (χ2v) is 6.30. The number of hydrogen-bond acceptors (Lipinski definition) is 5. The molecule has 0 unspecified atom stereocenters. The molecule has 1 aliphatic rings. The lowest BCUT2D eigenvalue weighted by Crippen LogP contribution is -2.48. The summed E-state index contributed by atoms with van der Waals surface area (Å²) in [5.41, 5.74) is 2.52. The Bertz CT molecular complexity index is 755. The van der Waals surface area contributed by atoms with Crippen molar-refractivity contribution in [3.8, 4) is 5.75 Å². The first-order valence-electron chi connectivity index (χ1n) is 8.52. The van der Waals surface area contributed by atoms with Crippen LogP contribution < -0.4 is 4.74 Å². The summed E-state index contributed by atoms with van der Waals surface area (Å²) in [6, 6.07) is 8.07. The van der Waals surface area contributed by atoms with Crippen LogP contribution in [0, 0.1) is 13.8 Å². The van der Waals surface area contributed by atoms with Crippen LogP contribution >= 0.6 is 0 Å². The van der Waals surface area contributed by atoms with Crippen molar-refractivity contribution in [1.29, 1.82) is 0 Å². The van der Waals surface area contributed by atoms with Crippen LogP contribution in [0.25, 0.3) is 0 Å². The molecule has 1 aromatic heterocycles. The Hall–Kier alpha value is -2.47. The minimum Gasteiger partial charge on any atom is -0.496 e. The van der Waals surface area contributed by atoms with E-state index in [1.807, 2.05) is 36.9 Å². The third-order valence-corrected chi connectivity index (χ3v) is 4.58. The number of methoxy groups -OCH3 is 1. The molecule has 2 heterocycles. The zero-order chi connectivity index (χ0) is 17.8. The van der Waals surface area contributed by atoms with E-state index in [0.717, 1.165) is 31.1 Å². The van der Waals surface area contributed by atoms with Crippen molar-refractivity contribution in [2.24, 2.45) is 0 Å². The maximum absolute atomic E-state index is 12.7. The number of carbonyl (C=O) groups is 1. The van der Waals surface area contributed by atoms with Gasteiger partial charge in [-0.1, -0.05) is 18.2 Å². The molecule has 1 fully saturated rings. The quantitative estimate of drug-likeness (QED) is 0.853. The molecule has 3 rings (SSSR count). The minimum atomic E-state index is 0.0226. The van der Waals surface area contributed by atoms with E-state index < -0.39 is 0 Å². The molecular weight excluding hydrogens is 316 g/mol. The number of benzene rings is 1. The Morgan fingerprint density at radius 1 is 1.16 bits per heavy atom. The average molecular weight is 340 g/mol. The van der Waals surface area contributed by atoms with Crippen LogP contribution in [0.15, 0.2) is 30.5 Å². The van der Waals surface area contributed by atoms with E-state index in [9.17, 15) is 4.79 Å². The molecule has 2 aromatic rings. The predicted octanol–water partition coefficient (Wildman–Crippen LogP) is 2.06. The van der Waals surface area contributed by atoms with Gasteiger partial charge in [-0.3, -0.25) is 9.69 Å². The molecule has 0 bridgehead atoms. The number of aromatic nitrogens is 2. The highest BCUT2D eigenvalue weighted by atomic mass is 16.5. The number of rotatable bonds is 4. The van der Waals surface area contributed by atoms with Gasteiger partial charge in [0.25, 0.3) is 5.91 Å². The zero-order valence-corrected chi connectivity index (χ0v) is 15.0. The molecule has 0 saturated carbocycles. The Balaban J connectivity index is 1.61. The van der Waals surface area contributed by atoms with Crippen molar-refractivity contribution in [2.45, 2.75) is 20.4 Å². The van der Waals surface area contributed by atoms with E-state index in [0.29, 0.717) is 24.5 Å². The lowest BCUT2D eigenvalue weighted by Gasteiger charge is -2.35. The fraction of sp³-hybridized carbons (Fsp3) is 0.421. The summed E-state index contributed by atoms with van der Waals surface area (Å²) < 4.78 is 5.42. The summed E-state index contributed by atoms with van der Waals surface area (Å²) >= 11 is 0. The van der Waals surface area contributed by atoms with Gasteiger partial charge in [-0.05, 0) is 19.9 Å². The van der Waals surface area contributed by atoms with Crippen molar-refractivity contribution in [2.75, 3.05) is 33.3 Å². The standard InChI is InChI=1S/C19H24N4O2/c1-14-17(12-20-15(2)21-14)19(24)23-10-8-22(9-11-23)13-16-6-4-5-7-18(16)25-3/h4-7,12H,8-11,13H2,1-3H3. The van der Waals surface area contributed by atoms with Gasteiger partial charge in [0.05, 0.1) is 18.4 Å². The Morgan fingerprint density at radius 2 is 1.88 bits per heavy atom. The lowest BCUT2D eigenvalue weighted by atomic mass is 10.1. The molecule has 0 radical (unpaired) electrons. The van der Waals surface area contributed by atoms with Crippen molar-refractivity contribution < 1.29 is 9.53 Å². The minimum absolute atomic E-state index is 0.0226. The topological polar surface area (TPSA) is 58.6 Å². The number of ether oxygens (including phenoxy) is 1. The largest absolute Gasteiger partial charge is 0.496 e. The van der Waals surface area contributed by atoms with Crippen LogP contribution in [0.5, 0.6) is 5.75 Å². The van der Waals surface area contributed by atoms with Gasteiger partial charge in [0.2, 0.25) is 0 Å². The highest BCUT2D eigenvalue weighted by molar-refractivity contribution is 5.95. The molecule has 132 valence electrons. The third-order valence-electron chi connectivity index (χ3n) is 4.58. The molecular formula is C19H24N4O2. The van der Waals surface area contributed by atoms with Crippen LogP contribution in [-0.2, 0) is 6.54 Å². The van der Waals surface area contributed by atoms with Crippen LogP contribution in [0.4, 0.5) is 0 Å². The van der Waals surface area contributed by atoms with Gasteiger partial charge >= 0.3 is 0 Å². The van der Waals surface area contributed by atoms with Crippen molar-refractivity contribution in [3.63, 3.8) is 0 Å². The number of aryl methyl sites for hydroxylation is 2. The number of carbonyl (C=O) groups excluding carboxylic acids is 1. The lowest BCUT2D eigenvalue weighted by molar-refractivity contribution is 0.0625. The molecule has 6 nitrogen and oxygen atoms in total.